The summed E-state index contributed by atoms with van der Waals surface area (Å²) in [5.74, 6) is 1.08. The number of aromatic hydroxyl groups is 2. The highest BCUT2D eigenvalue weighted by Crippen LogP contribution is 2.52. The van der Waals surface area contributed by atoms with Gasteiger partial charge in [0, 0.05) is 5.30 Å². The van der Waals surface area contributed by atoms with Crippen LogP contribution in [0.5, 0.6) is 11.5 Å². The first-order valence-electron chi connectivity index (χ1n) is 9.68. The zero-order valence-electron chi connectivity index (χ0n) is 16.2. The molecule has 0 amide bonds. The Bertz CT molecular complexity index is 818. The molecule has 1 aliphatic rings. The van der Waals surface area contributed by atoms with Crippen LogP contribution >= 0.6 is 7.37 Å². The number of phenolic OH excluding ortho intramolecular Hbond substituents is 2. The maximum absolute atomic E-state index is 14.2. The van der Waals surface area contributed by atoms with Crippen molar-refractivity contribution in [3.63, 3.8) is 0 Å². The Morgan fingerprint density at radius 2 is 1.78 bits per heavy atom. The first-order valence-corrected chi connectivity index (χ1v) is 11.3. The van der Waals surface area contributed by atoms with Gasteiger partial charge in [0.25, 0.3) is 7.37 Å². The van der Waals surface area contributed by atoms with Crippen molar-refractivity contribution in [2.45, 2.75) is 46.1 Å². The van der Waals surface area contributed by atoms with Gasteiger partial charge in [0.05, 0.1) is 11.4 Å². The second-order valence-electron chi connectivity index (χ2n) is 8.03. The van der Waals surface area contributed by atoms with Crippen LogP contribution in [0.2, 0.25) is 0 Å². The molecule has 2 aromatic rings. The maximum Gasteiger partial charge on any atom is 0.265 e. The van der Waals surface area contributed by atoms with Crippen LogP contribution in [0, 0.1) is 17.8 Å². The Balaban J connectivity index is 2.08. The highest BCUT2D eigenvalue weighted by Gasteiger charge is 2.40. The van der Waals surface area contributed by atoms with E-state index in [0.29, 0.717) is 23.1 Å². The Kier molecular flexibility index (Phi) is 5.98. The summed E-state index contributed by atoms with van der Waals surface area (Å²) in [6.07, 6.45) is 2.89. The van der Waals surface area contributed by atoms with Crippen LogP contribution in [0.15, 0.2) is 48.5 Å². The smallest absolute Gasteiger partial charge is 0.265 e. The van der Waals surface area contributed by atoms with E-state index in [9.17, 15) is 14.8 Å². The lowest BCUT2D eigenvalue weighted by atomic mass is 9.75. The zero-order valence-corrected chi connectivity index (χ0v) is 17.1. The molecule has 2 N–H and O–H groups in total. The summed E-state index contributed by atoms with van der Waals surface area (Å²) in [5, 5.41) is 21.1. The van der Waals surface area contributed by atoms with Gasteiger partial charge in [0.1, 0.15) is 11.5 Å². The molecule has 4 nitrogen and oxygen atoms in total. The summed E-state index contributed by atoms with van der Waals surface area (Å²) >= 11 is 0. The fraction of sp³-hybridized carbons (Fsp3) is 0.455. The summed E-state index contributed by atoms with van der Waals surface area (Å²) in [6, 6.07) is 13.1. The summed E-state index contributed by atoms with van der Waals surface area (Å²) in [5.41, 5.74) is 0. The minimum atomic E-state index is -3.57. The lowest BCUT2D eigenvalue weighted by Gasteiger charge is -2.39. The van der Waals surface area contributed by atoms with E-state index in [2.05, 4.69) is 20.8 Å². The molecular weight excluding hydrogens is 359 g/mol. The minimum Gasteiger partial charge on any atom is -0.508 e. The van der Waals surface area contributed by atoms with E-state index in [-0.39, 0.29) is 22.9 Å². The SMILES string of the molecule is CC(C)[C@@H]1CC[C@@H](C)C[C@H]1O[P@@](=O)(c1ccccc1)c1cc(O)ccc1O. The lowest BCUT2D eigenvalue weighted by molar-refractivity contribution is 0.0514. The van der Waals surface area contributed by atoms with Gasteiger partial charge in [0.2, 0.25) is 0 Å². The van der Waals surface area contributed by atoms with E-state index >= 15 is 0 Å². The summed E-state index contributed by atoms with van der Waals surface area (Å²) in [4.78, 5) is 0. The standard InChI is InChI=1S/C22H29O4P/c1-15(2)19-11-9-16(3)13-21(19)26-27(25,18-7-5-4-6-8-18)22-14-17(23)10-12-20(22)24/h4-8,10,12,14-16,19,21,23-24H,9,11,13H2,1-3H3/t16-,19+,21-,27+/m1/s1. The molecule has 0 saturated heterocycles. The molecule has 1 saturated carbocycles. The molecule has 0 spiro atoms. The monoisotopic (exact) mass is 388 g/mol. The van der Waals surface area contributed by atoms with Crippen molar-refractivity contribution in [3.8, 4) is 11.5 Å². The van der Waals surface area contributed by atoms with Crippen LogP contribution in [0.25, 0.3) is 0 Å². The molecule has 0 aliphatic heterocycles. The molecule has 0 unspecified atom stereocenters. The number of rotatable bonds is 5. The van der Waals surface area contributed by atoms with Gasteiger partial charge >= 0.3 is 0 Å². The third-order valence-corrected chi connectivity index (χ3v) is 8.16. The number of hydrogen-bond acceptors (Lipinski definition) is 4. The first-order chi connectivity index (χ1) is 12.8. The van der Waals surface area contributed by atoms with E-state index in [4.69, 9.17) is 4.52 Å². The molecule has 0 radical (unpaired) electrons. The third kappa shape index (κ3) is 4.23. The van der Waals surface area contributed by atoms with Crippen LogP contribution in [-0.2, 0) is 9.09 Å². The van der Waals surface area contributed by atoms with Gasteiger partial charge in [-0.25, -0.2) is 0 Å². The number of hydrogen-bond donors (Lipinski definition) is 2. The average Bonchev–Trinajstić information content (AvgIpc) is 2.64. The van der Waals surface area contributed by atoms with Crippen molar-refractivity contribution in [2.75, 3.05) is 0 Å². The zero-order chi connectivity index (χ0) is 19.6. The summed E-state index contributed by atoms with van der Waals surface area (Å²) < 4.78 is 20.7. The molecule has 5 heteroatoms. The Hall–Kier alpha value is -1.77. The van der Waals surface area contributed by atoms with Crippen LogP contribution in [-0.4, -0.2) is 16.3 Å². The van der Waals surface area contributed by atoms with Crippen molar-refractivity contribution in [2.24, 2.45) is 17.8 Å². The van der Waals surface area contributed by atoms with Gasteiger partial charge in [-0.15, -0.1) is 0 Å². The molecule has 3 rings (SSSR count). The highest BCUT2D eigenvalue weighted by molar-refractivity contribution is 7.74. The largest absolute Gasteiger partial charge is 0.508 e. The molecule has 0 aromatic heterocycles. The van der Waals surface area contributed by atoms with Crippen LogP contribution in [0.1, 0.15) is 40.0 Å². The van der Waals surface area contributed by atoms with E-state index in [1.807, 2.05) is 18.2 Å². The van der Waals surface area contributed by atoms with Crippen molar-refractivity contribution >= 4 is 18.0 Å². The Labute approximate surface area is 161 Å². The van der Waals surface area contributed by atoms with Gasteiger partial charge in [-0.1, -0.05) is 45.4 Å². The third-order valence-electron chi connectivity index (χ3n) is 5.62. The second kappa shape index (κ2) is 8.08. The fourth-order valence-electron chi connectivity index (χ4n) is 4.06. The second-order valence-corrected chi connectivity index (χ2v) is 10.3. The van der Waals surface area contributed by atoms with Crippen molar-refractivity contribution in [1.82, 2.24) is 0 Å². The molecule has 0 heterocycles. The van der Waals surface area contributed by atoms with Crippen LogP contribution in [0.4, 0.5) is 0 Å². The quantitative estimate of drug-likeness (QED) is 0.570. The Morgan fingerprint density at radius 1 is 1.07 bits per heavy atom. The molecule has 146 valence electrons. The highest BCUT2D eigenvalue weighted by atomic mass is 31.2. The van der Waals surface area contributed by atoms with Gasteiger partial charge in [0.15, 0.2) is 0 Å². The maximum atomic E-state index is 14.2. The topological polar surface area (TPSA) is 66.8 Å². The molecule has 4 atom stereocenters. The summed E-state index contributed by atoms with van der Waals surface area (Å²) in [7, 11) is -3.57. The summed E-state index contributed by atoms with van der Waals surface area (Å²) in [6.45, 7) is 6.55. The van der Waals surface area contributed by atoms with Crippen molar-refractivity contribution in [1.29, 1.82) is 0 Å². The number of benzene rings is 2. The molecule has 1 fully saturated rings. The molecular formula is C22H29O4P. The minimum absolute atomic E-state index is 0.0417. The van der Waals surface area contributed by atoms with E-state index in [0.717, 1.165) is 19.3 Å². The fourth-order valence-corrected chi connectivity index (χ4v) is 6.44. The van der Waals surface area contributed by atoms with Crippen molar-refractivity contribution < 1.29 is 19.3 Å². The number of phenols is 2. The lowest BCUT2D eigenvalue weighted by Crippen LogP contribution is -2.36. The van der Waals surface area contributed by atoms with Gasteiger partial charge in [-0.2, -0.15) is 0 Å². The molecule has 0 bridgehead atoms. The van der Waals surface area contributed by atoms with Crippen LogP contribution < -0.4 is 10.6 Å². The first kappa shape index (κ1) is 20.0. The average molecular weight is 388 g/mol. The van der Waals surface area contributed by atoms with Crippen molar-refractivity contribution in [3.05, 3.63) is 48.5 Å². The van der Waals surface area contributed by atoms with E-state index in [1.54, 1.807) is 12.1 Å². The van der Waals surface area contributed by atoms with Gasteiger partial charge in [-0.05, 0) is 60.9 Å². The Morgan fingerprint density at radius 3 is 2.44 bits per heavy atom. The van der Waals surface area contributed by atoms with Gasteiger partial charge in [-0.3, -0.25) is 4.57 Å². The molecule has 2 aromatic carbocycles. The van der Waals surface area contributed by atoms with E-state index in [1.165, 1.54) is 18.2 Å². The molecule has 1 aliphatic carbocycles. The van der Waals surface area contributed by atoms with Crippen LogP contribution in [0.3, 0.4) is 0 Å². The predicted octanol–water partition coefficient (Wildman–Crippen LogP) is 4.80. The van der Waals surface area contributed by atoms with Gasteiger partial charge < -0.3 is 14.7 Å². The van der Waals surface area contributed by atoms with E-state index < -0.39 is 7.37 Å². The molecule has 27 heavy (non-hydrogen) atoms. The predicted molar refractivity (Wildman–Crippen MR) is 109 cm³/mol. The normalized spacial score (nSPS) is 25.3.